The molecule has 3 rings (SSSR count). The summed E-state index contributed by atoms with van der Waals surface area (Å²) in [6.45, 7) is 2.79. The van der Waals surface area contributed by atoms with E-state index >= 15 is 0 Å². The molecule has 1 aromatic carbocycles. The number of hydrogen-bond acceptors (Lipinski definition) is 5. The summed E-state index contributed by atoms with van der Waals surface area (Å²) >= 11 is 1.59. The molecule has 1 aliphatic carbocycles. The second-order valence-electron chi connectivity index (χ2n) is 6.03. The number of aromatic nitrogens is 1. The number of thiazole rings is 1. The number of rotatable bonds is 3. The molecular weight excluding hydrogens is 270 g/mol. The van der Waals surface area contributed by atoms with E-state index in [0.29, 0.717) is 12.5 Å². The standard InChI is InChI=1S/C15H21N3OS/c1-10-3-2-6-15(19,8-10)9-17-14-18-12-5-4-11(16)7-13(12)20-14/h4-5,7,10,19H,2-3,6,8-9,16H2,1H3,(H,17,18). The molecule has 0 aliphatic heterocycles. The van der Waals surface area contributed by atoms with Crippen molar-refractivity contribution in [1.29, 1.82) is 0 Å². The van der Waals surface area contributed by atoms with Gasteiger partial charge < -0.3 is 16.2 Å². The third kappa shape index (κ3) is 2.88. The van der Waals surface area contributed by atoms with Crippen LogP contribution in [-0.2, 0) is 0 Å². The van der Waals surface area contributed by atoms with Crippen molar-refractivity contribution in [1.82, 2.24) is 4.98 Å². The molecule has 0 spiro atoms. The van der Waals surface area contributed by atoms with Crippen LogP contribution in [0.25, 0.3) is 10.2 Å². The highest BCUT2D eigenvalue weighted by Gasteiger charge is 2.32. The zero-order chi connectivity index (χ0) is 14.2. The molecule has 0 bridgehead atoms. The van der Waals surface area contributed by atoms with E-state index < -0.39 is 5.60 Å². The van der Waals surface area contributed by atoms with Gasteiger partial charge in [-0.2, -0.15) is 0 Å². The minimum atomic E-state index is -0.589. The summed E-state index contributed by atoms with van der Waals surface area (Å²) in [6.07, 6.45) is 4.08. The van der Waals surface area contributed by atoms with Crippen molar-refractivity contribution in [3.63, 3.8) is 0 Å². The van der Waals surface area contributed by atoms with Crippen LogP contribution in [-0.4, -0.2) is 22.2 Å². The van der Waals surface area contributed by atoms with Crippen LogP contribution in [0, 0.1) is 5.92 Å². The summed E-state index contributed by atoms with van der Waals surface area (Å²) in [5.74, 6) is 0.603. The van der Waals surface area contributed by atoms with Crippen LogP contribution in [0.2, 0.25) is 0 Å². The van der Waals surface area contributed by atoms with E-state index in [1.54, 1.807) is 11.3 Å². The van der Waals surface area contributed by atoms with Gasteiger partial charge in [-0.1, -0.05) is 31.1 Å². The highest BCUT2D eigenvalue weighted by atomic mass is 32.1. The maximum atomic E-state index is 10.6. The maximum Gasteiger partial charge on any atom is 0.183 e. The average molecular weight is 291 g/mol. The van der Waals surface area contributed by atoms with Crippen LogP contribution in [0.4, 0.5) is 10.8 Å². The Balaban J connectivity index is 1.70. The van der Waals surface area contributed by atoms with Crippen molar-refractivity contribution in [2.75, 3.05) is 17.6 Å². The molecule has 2 aromatic rings. The molecule has 0 saturated heterocycles. The van der Waals surface area contributed by atoms with Crippen molar-refractivity contribution in [3.8, 4) is 0 Å². The lowest BCUT2D eigenvalue weighted by molar-refractivity contribution is -0.000762. The quantitative estimate of drug-likeness (QED) is 0.759. The molecule has 1 saturated carbocycles. The van der Waals surface area contributed by atoms with Gasteiger partial charge in [0.05, 0.1) is 15.8 Å². The average Bonchev–Trinajstić information content (AvgIpc) is 2.78. The molecular formula is C15H21N3OS. The second-order valence-corrected chi connectivity index (χ2v) is 7.06. The summed E-state index contributed by atoms with van der Waals surface area (Å²) < 4.78 is 1.08. The summed E-state index contributed by atoms with van der Waals surface area (Å²) in [4.78, 5) is 4.53. The first-order valence-electron chi connectivity index (χ1n) is 7.16. The molecule has 0 amide bonds. The number of nitrogens with two attached hydrogens (primary N) is 1. The Kier molecular flexibility index (Phi) is 3.56. The fourth-order valence-corrected chi connectivity index (χ4v) is 3.96. The topological polar surface area (TPSA) is 71.2 Å². The molecule has 108 valence electrons. The van der Waals surface area contributed by atoms with Gasteiger partial charge in [0.1, 0.15) is 0 Å². The first-order chi connectivity index (χ1) is 9.54. The zero-order valence-electron chi connectivity index (χ0n) is 11.7. The highest BCUT2D eigenvalue weighted by molar-refractivity contribution is 7.22. The number of hydrogen-bond donors (Lipinski definition) is 3. The largest absolute Gasteiger partial charge is 0.399 e. The van der Waals surface area contributed by atoms with Crippen molar-refractivity contribution in [2.45, 2.75) is 38.2 Å². The lowest BCUT2D eigenvalue weighted by Gasteiger charge is -2.35. The summed E-state index contributed by atoms with van der Waals surface area (Å²) in [6, 6.07) is 5.74. The van der Waals surface area contributed by atoms with E-state index in [9.17, 15) is 5.11 Å². The third-order valence-electron chi connectivity index (χ3n) is 4.05. The second kappa shape index (κ2) is 5.22. The van der Waals surface area contributed by atoms with E-state index in [1.807, 2.05) is 18.2 Å². The molecule has 4 nitrogen and oxygen atoms in total. The Hall–Kier alpha value is -1.33. The molecule has 20 heavy (non-hydrogen) atoms. The Bertz CT molecular complexity index is 612. The van der Waals surface area contributed by atoms with Gasteiger partial charge in [-0.15, -0.1) is 0 Å². The van der Waals surface area contributed by atoms with E-state index in [0.717, 1.165) is 40.3 Å². The van der Waals surface area contributed by atoms with Gasteiger partial charge in [0.25, 0.3) is 0 Å². The van der Waals surface area contributed by atoms with Crippen LogP contribution < -0.4 is 11.1 Å². The van der Waals surface area contributed by atoms with Gasteiger partial charge in [-0.25, -0.2) is 4.98 Å². The van der Waals surface area contributed by atoms with Gasteiger partial charge in [-0.05, 0) is 37.0 Å². The van der Waals surface area contributed by atoms with Crippen molar-refractivity contribution >= 4 is 32.4 Å². The van der Waals surface area contributed by atoms with Crippen LogP contribution >= 0.6 is 11.3 Å². The van der Waals surface area contributed by atoms with Crippen LogP contribution in [0.5, 0.6) is 0 Å². The van der Waals surface area contributed by atoms with Gasteiger partial charge >= 0.3 is 0 Å². The minimum Gasteiger partial charge on any atom is -0.399 e. The normalized spacial score (nSPS) is 26.8. The number of nitrogen functional groups attached to an aromatic ring is 1. The minimum absolute atomic E-state index is 0.576. The predicted molar refractivity (Wildman–Crippen MR) is 85.1 cm³/mol. The SMILES string of the molecule is CC1CCCC(O)(CNc2nc3ccc(N)cc3s2)C1. The first-order valence-corrected chi connectivity index (χ1v) is 7.98. The molecule has 1 heterocycles. The number of aliphatic hydroxyl groups is 1. The summed E-state index contributed by atoms with van der Waals surface area (Å²) in [7, 11) is 0. The Morgan fingerprint density at radius 3 is 3.20 bits per heavy atom. The molecule has 0 radical (unpaired) electrons. The summed E-state index contributed by atoms with van der Waals surface area (Å²) in [5, 5.41) is 14.8. The molecule has 5 heteroatoms. The zero-order valence-corrected chi connectivity index (χ0v) is 12.5. The molecule has 1 fully saturated rings. The molecule has 1 aliphatic rings. The van der Waals surface area contributed by atoms with Crippen molar-refractivity contribution in [3.05, 3.63) is 18.2 Å². The van der Waals surface area contributed by atoms with Gasteiger partial charge in [0, 0.05) is 12.2 Å². The smallest absolute Gasteiger partial charge is 0.183 e. The van der Waals surface area contributed by atoms with Gasteiger partial charge in [-0.3, -0.25) is 0 Å². The summed E-state index contributed by atoms with van der Waals surface area (Å²) in [5.41, 5.74) is 6.90. The third-order valence-corrected chi connectivity index (χ3v) is 5.02. The van der Waals surface area contributed by atoms with E-state index in [-0.39, 0.29) is 0 Å². The van der Waals surface area contributed by atoms with Gasteiger partial charge in [0.2, 0.25) is 0 Å². The number of anilines is 2. The fraction of sp³-hybridized carbons (Fsp3) is 0.533. The molecule has 2 unspecified atom stereocenters. The monoisotopic (exact) mass is 291 g/mol. The molecule has 1 aromatic heterocycles. The maximum absolute atomic E-state index is 10.6. The molecule has 4 N–H and O–H groups in total. The van der Waals surface area contributed by atoms with Crippen LogP contribution in [0.15, 0.2) is 18.2 Å². The number of benzene rings is 1. The van der Waals surface area contributed by atoms with E-state index in [1.165, 1.54) is 6.42 Å². The Labute approximate surface area is 123 Å². The highest BCUT2D eigenvalue weighted by Crippen LogP contribution is 2.33. The van der Waals surface area contributed by atoms with E-state index in [4.69, 9.17) is 5.73 Å². The Morgan fingerprint density at radius 2 is 2.40 bits per heavy atom. The number of fused-ring (bicyclic) bond motifs is 1. The van der Waals surface area contributed by atoms with Crippen LogP contribution in [0.1, 0.15) is 32.6 Å². The lowest BCUT2D eigenvalue weighted by Crippen LogP contribution is -2.41. The van der Waals surface area contributed by atoms with Crippen LogP contribution in [0.3, 0.4) is 0 Å². The number of nitrogens with one attached hydrogen (secondary N) is 1. The Morgan fingerprint density at radius 1 is 1.55 bits per heavy atom. The number of nitrogens with zero attached hydrogens (tertiary/aromatic N) is 1. The van der Waals surface area contributed by atoms with Gasteiger partial charge in [0.15, 0.2) is 5.13 Å². The predicted octanol–water partition coefficient (Wildman–Crippen LogP) is 3.23. The first kappa shape index (κ1) is 13.6. The lowest BCUT2D eigenvalue weighted by atomic mass is 9.79. The fourth-order valence-electron chi connectivity index (χ4n) is 3.05. The molecule has 2 atom stereocenters. The van der Waals surface area contributed by atoms with Crippen molar-refractivity contribution in [2.24, 2.45) is 5.92 Å². The van der Waals surface area contributed by atoms with E-state index in [2.05, 4.69) is 17.2 Å². The van der Waals surface area contributed by atoms with Crippen molar-refractivity contribution < 1.29 is 5.11 Å².